The highest BCUT2D eigenvalue weighted by Crippen LogP contribution is 2.41. The van der Waals surface area contributed by atoms with E-state index in [1.165, 1.54) is 0 Å². The molecule has 1 unspecified atom stereocenters. The molecule has 0 spiro atoms. The molecule has 1 atom stereocenters. The Kier molecular flexibility index (Phi) is 4.88. The van der Waals surface area contributed by atoms with Crippen molar-refractivity contribution in [2.24, 2.45) is 5.92 Å². The quantitative estimate of drug-likeness (QED) is 0.785. The van der Waals surface area contributed by atoms with Crippen molar-refractivity contribution in [3.63, 3.8) is 0 Å². The van der Waals surface area contributed by atoms with Crippen LogP contribution in [0.4, 0.5) is 0 Å². The van der Waals surface area contributed by atoms with Crippen LogP contribution in [0.25, 0.3) is 0 Å². The molecule has 1 aromatic carbocycles. The molecule has 2 rings (SSSR count). The zero-order valence-corrected chi connectivity index (χ0v) is 13.4. The summed E-state index contributed by atoms with van der Waals surface area (Å²) in [6, 6.07) is 6.05. The van der Waals surface area contributed by atoms with Gasteiger partial charge >= 0.3 is 5.97 Å². The normalized spacial score (nSPS) is 17.1. The number of hydrogen-bond acceptors (Lipinski definition) is 4. The maximum atomic E-state index is 12.4. The molecule has 1 fully saturated rings. The zero-order valence-electron chi connectivity index (χ0n) is 13.4. The standard InChI is InChI=1S/C17H25NO3/c1-5-20-16(19)17(18-4,14-9-10-14)11-21-15-12(2)7-6-8-13(15)3/h6-8,14,18H,5,9-11H2,1-4H3. The first-order valence-electron chi connectivity index (χ1n) is 7.60. The van der Waals surface area contributed by atoms with Gasteiger partial charge in [-0.1, -0.05) is 18.2 Å². The van der Waals surface area contributed by atoms with Crippen molar-refractivity contribution < 1.29 is 14.3 Å². The van der Waals surface area contributed by atoms with Crippen LogP contribution in [0.3, 0.4) is 0 Å². The Labute approximate surface area is 126 Å². The number of likely N-dealkylation sites (N-methyl/N-ethyl adjacent to an activating group) is 1. The van der Waals surface area contributed by atoms with Gasteiger partial charge in [0.2, 0.25) is 0 Å². The molecule has 21 heavy (non-hydrogen) atoms. The summed E-state index contributed by atoms with van der Waals surface area (Å²) in [4.78, 5) is 12.4. The molecule has 0 amide bonds. The Balaban J connectivity index is 2.18. The highest BCUT2D eigenvalue weighted by molar-refractivity contribution is 5.82. The van der Waals surface area contributed by atoms with Crippen molar-refractivity contribution in [3.05, 3.63) is 29.3 Å². The largest absolute Gasteiger partial charge is 0.490 e. The number of aryl methyl sites for hydroxylation is 2. The van der Waals surface area contributed by atoms with Crippen molar-refractivity contribution in [1.29, 1.82) is 0 Å². The molecule has 0 heterocycles. The lowest BCUT2D eigenvalue weighted by atomic mass is 9.94. The van der Waals surface area contributed by atoms with Crippen LogP contribution in [0.2, 0.25) is 0 Å². The molecule has 0 aliphatic heterocycles. The van der Waals surface area contributed by atoms with Gasteiger partial charge in [-0.2, -0.15) is 0 Å². The monoisotopic (exact) mass is 291 g/mol. The molecule has 0 saturated heterocycles. The number of hydrogen-bond donors (Lipinski definition) is 1. The summed E-state index contributed by atoms with van der Waals surface area (Å²) < 4.78 is 11.3. The van der Waals surface area contributed by atoms with E-state index < -0.39 is 5.54 Å². The number of para-hydroxylation sites is 1. The summed E-state index contributed by atoms with van der Waals surface area (Å²) in [5.74, 6) is 0.953. The second-order valence-corrected chi connectivity index (χ2v) is 5.73. The van der Waals surface area contributed by atoms with Crippen LogP contribution in [-0.4, -0.2) is 31.8 Å². The van der Waals surface area contributed by atoms with E-state index in [0.717, 1.165) is 29.7 Å². The van der Waals surface area contributed by atoms with Gasteiger partial charge in [-0.05, 0) is 57.7 Å². The van der Waals surface area contributed by atoms with Crippen molar-refractivity contribution in [2.75, 3.05) is 20.3 Å². The third kappa shape index (κ3) is 3.21. The van der Waals surface area contributed by atoms with Crippen LogP contribution >= 0.6 is 0 Å². The van der Waals surface area contributed by atoms with Crippen LogP contribution in [0, 0.1) is 19.8 Å². The predicted octanol–water partition coefficient (Wildman–Crippen LogP) is 2.61. The number of esters is 1. The lowest BCUT2D eigenvalue weighted by Gasteiger charge is -2.31. The minimum atomic E-state index is -0.731. The molecule has 1 aliphatic carbocycles. The van der Waals surface area contributed by atoms with Gasteiger partial charge in [0, 0.05) is 0 Å². The minimum Gasteiger partial charge on any atom is -0.490 e. The van der Waals surface area contributed by atoms with Crippen molar-refractivity contribution in [3.8, 4) is 5.75 Å². The van der Waals surface area contributed by atoms with Crippen molar-refractivity contribution in [2.45, 2.75) is 39.2 Å². The SMILES string of the molecule is CCOC(=O)C(COc1c(C)cccc1C)(NC)C1CC1. The molecule has 4 nitrogen and oxygen atoms in total. The average Bonchev–Trinajstić information content (AvgIpc) is 3.28. The number of rotatable bonds is 7. The Morgan fingerprint density at radius 3 is 2.43 bits per heavy atom. The third-order valence-electron chi connectivity index (χ3n) is 4.21. The molecular weight excluding hydrogens is 266 g/mol. The molecule has 1 N–H and O–H groups in total. The molecule has 0 radical (unpaired) electrons. The van der Waals surface area contributed by atoms with Gasteiger partial charge in [0.1, 0.15) is 12.4 Å². The third-order valence-corrected chi connectivity index (χ3v) is 4.21. The fourth-order valence-corrected chi connectivity index (χ4v) is 2.77. The summed E-state index contributed by atoms with van der Waals surface area (Å²) in [5, 5.41) is 3.17. The van der Waals surface area contributed by atoms with Crippen LogP contribution in [-0.2, 0) is 9.53 Å². The smallest absolute Gasteiger partial charge is 0.330 e. The van der Waals surface area contributed by atoms with E-state index in [-0.39, 0.29) is 5.97 Å². The summed E-state index contributed by atoms with van der Waals surface area (Å²) in [7, 11) is 1.81. The summed E-state index contributed by atoms with van der Waals surface area (Å²) >= 11 is 0. The maximum Gasteiger partial charge on any atom is 0.330 e. The molecule has 0 aromatic heterocycles. The summed E-state index contributed by atoms with van der Waals surface area (Å²) in [6.45, 7) is 6.56. The molecule has 1 aliphatic rings. The van der Waals surface area contributed by atoms with Gasteiger partial charge in [-0.15, -0.1) is 0 Å². The first-order chi connectivity index (χ1) is 10.0. The Hall–Kier alpha value is -1.55. The topological polar surface area (TPSA) is 47.6 Å². The van der Waals surface area contributed by atoms with Crippen molar-refractivity contribution >= 4 is 5.97 Å². The van der Waals surface area contributed by atoms with Gasteiger partial charge in [0.25, 0.3) is 0 Å². The van der Waals surface area contributed by atoms with Crippen LogP contribution in [0.1, 0.15) is 30.9 Å². The second kappa shape index (κ2) is 6.48. The van der Waals surface area contributed by atoms with Crippen LogP contribution in [0.15, 0.2) is 18.2 Å². The van der Waals surface area contributed by atoms with Crippen LogP contribution < -0.4 is 10.1 Å². The van der Waals surface area contributed by atoms with E-state index in [1.54, 1.807) is 0 Å². The maximum absolute atomic E-state index is 12.4. The lowest BCUT2D eigenvalue weighted by molar-refractivity contribution is -0.153. The second-order valence-electron chi connectivity index (χ2n) is 5.73. The highest BCUT2D eigenvalue weighted by Gasteiger charge is 2.52. The minimum absolute atomic E-state index is 0.207. The zero-order chi connectivity index (χ0) is 15.5. The Bertz CT molecular complexity index is 491. The summed E-state index contributed by atoms with van der Waals surface area (Å²) in [6.07, 6.45) is 2.07. The van der Waals surface area contributed by atoms with E-state index in [9.17, 15) is 4.79 Å². The van der Waals surface area contributed by atoms with Crippen molar-refractivity contribution in [1.82, 2.24) is 5.32 Å². The molecule has 116 valence electrons. The van der Waals surface area contributed by atoms with Gasteiger partial charge in [-0.25, -0.2) is 4.79 Å². The molecule has 1 saturated carbocycles. The lowest BCUT2D eigenvalue weighted by Crippen LogP contribution is -2.57. The molecule has 0 bridgehead atoms. The summed E-state index contributed by atoms with van der Waals surface area (Å²) in [5.41, 5.74) is 1.43. The van der Waals surface area contributed by atoms with E-state index >= 15 is 0 Å². The van der Waals surface area contributed by atoms with E-state index in [2.05, 4.69) is 5.32 Å². The first kappa shape index (κ1) is 15.8. The van der Waals surface area contributed by atoms with Crippen LogP contribution in [0.5, 0.6) is 5.75 Å². The number of ether oxygens (including phenoxy) is 2. The molecule has 4 heteroatoms. The number of nitrogens with one attached hydrogen (secondary N) is 1. The predicted molar refractivity (Wildman–Crippen MR) is 82.6 cm³/mol. The average molecular weight is 291 g/mol. The fraction of sp³-hybridized carbons (Fsp3) is 0.588. The number of carbonyl (C=O) groups excluding carboxylic acids is 1. The van der Waals surface area contributed by atoms with Gasteiger partial charge < -0.3 is 14.8 Å². The Morgan fingerprint density at radius 1 is 1.33 bits per heavy atom. The highest BCUT2D eigenvalue weighted by atomic mass is 16.5. The van der Waals surface area contributed by atoms with E-state index in [1.807, 2.05) is 46.0 Å². The van der Waals surface area contributed by atoms with E-state index in [0.29, 0.717) is 19.1 Å². The Morgan fingerprint density at radius 2 is 1.95 bits per heavy atom. The van der Waals surface area contributed by atoms with Gasteiger partial charge in [0.05, 0.1) is 6.61 Å². The van der Waals surface area contributed by atoms with Gasteiger partial charge in [-0.3, -0.25) is 0 Å². The first-order valence-corrected chi connectivity index (χ1v) is 7.60. The number of carbonyl (C=O) groups is 1. The fourth-order valence-electron chi connectivity index (χ4n) is 2.77. The van der Waals surface area contributed by atoms with Gasteiger partial charge in [0.15, 0.2) is 5.54 Å². The van der Waals surface area contributed by atoms with E-state index in [4.69, 9.17) is 9.47 Å². The molecule has 1 aromatic rings. The molecular formula is C17H25NO3. The number of benzene rings is 1.